The standard InChI is InChI=1S/C12H12N2O4/c15-9-3-5-14(10(6-9)12(17)18)11(16)8-2-1-4-13-7-8/h1-2,4,7,10H,3,5-6H2,(H,17,18). The average molecular weight is 248 g/mol. The van der Waals surface area contributed by atoms with Gasteiger partial charge in [0.2, 0.25) is 0 Å². The van der Waals surface area contributed by atoms with Gasteiger partial charge < -0.3 is 10.0 Å². The van der Waals surface area contributed by atoms with E-state index in [0.29, 0.717) is 5.56 Å². The van der Waals surface area contributed by atoms with Crippen molar-refractivity contribution in [1.29, 1.82) is 0 Å². The van der Waals surface area contributed by atoms with Crippen molar-refractivity contribution in [1.82, 2.24) is 9.88 Å². The summed E-state index contributed by atoms with van der Waals surface area (Å²) in [6, 6.07) is 2.11. The van der Waals surface area contributed by atoms with Crippen molar-refractivity contribution >= 4 is 17.7 Å². The minimum absolute atomic E-state index is 0.124. The van der Waals surface area contributed by atoms with Crippen LogP contribution < -0.4 is 0 Å². The quantitative estimate of drug-likeness (QED) is 0.815. The monoisotopic (exact) mass is 248 g/mol. The Morgan fingerprint density at radius 1 is 1.44 bits per heavy atom. The van der Waals surface area contributed by atoms with Crippen LogP contribution in [0.2, 0.25) is 0 Å². The number of carboxylic acids is 1. The van der Waals surface area contributed by atoms with Crippen molar-refractivity contribution in [3.05, 3.63) is 30.1 Å². The van der Waals surface area contributed by atoms with Crippen LogP contribution in [0.1, 0.15) is 23.2 Å². The second-order valence-corrected chi connectivity index (χ2v) is 4.09. The molecular weight excluding hydrogens is 236 g/mol. The maximum atomic E-state index is 12.1. The van der Waals surface area contributed by atoms with Gasteiger partial charge in [0.1, 0.15) is 11.8 Å². The van der Waals surface area contributed by atoms with Crippen LogP contribution in [-0.4, -0.2) is 45.2 Å². The van der Waals surface area contributed by atoms with Gasteiger partial charge >= 0.3 is 5.97 Å². The highest BCUT2D eigenvalue weighted by Gasteiger charge is 2.35. The van der Waals surface area contributed by atoms with E-state index in [9.17, 15) is 14.4 Å². The lowest BCUT2D eigenvalue weighted by molar-refractivity contribution is -0.146. The summed E-state index contributed by atoms with van der Waals surface area (Å²) in [5.74, 6) is -1.68. The summed E-state index contributed by atoms with van der Waals surface area (Å²) in [4.78, 5) is 39.5. The maximum Gasteiger partial charge on any atom is 0.326 e. The van der Waals surface area contributed by atoms with E-state index in [2.05, 4.69) is 4.98 Å². The molecule has 1 saturated heterocycles. The second kappa shape index (κ2) is 4.95. The number of Topliss-reactive ketones (excluding diaryl/α,β-unsaturated/α-hetero) is 1. The number of rotatable bonds is 2. The summed E-state index contributed by atoms with van der Waals surface area (Å²) in [7, 11) is 0. The fourth-order valence-corrected chi connectivity index (χ4v) is 1.95. The molecule has 0 radical (unpaired) electrons. The number of carboxylic acid groups (broad SMARTS) is 1. The minimum Gasteiger partial charge on any atom is -0.480 e. The molecule has 1 aromatic heterocycles. The molecule has 6 heteroatoms. The van der Waals surface area contributed by atoms with Crippen LogP contribution >= 0.6 is 0 Å². The van der Waals surface area contributed by atoms with E-state index in [4.69, 9.17) is 5.11 Å². The number of carbonyl (C=O) groups excluding carboxylic acids is 2. The fourth-order valence-electron chi connectivity index (χ4n) is 1.95. The molecule has 0 aromatic carbocycles. The number of aromatic nitrogens is 1. The van der Waals surface area contributed by atoms with E-state index in [1.165, 1.54) is 17.3 Å². The average Bonchev–Trinajstić information content (AvgIpc) is 2.39. The van der Waals surface area contributed by atoms with Crippen molar-refractivity contribution < 1.29 is 19.5 Å². The zero-order valence-electron chi connectivity index (χ0n) is 9.57. The highest BCUT2D eigenvalue weighted by atomic mass is 16.4. The molecule has 18 heavy (non-hydrogen) atoms. The molecule has 0 saturated carbocycles. The lowest BCUT2D eigenvalue weighted by Gasteiger charge is -2.32. The van der Waals surface area contributed by atoms with Gasteiger partial charge in [-0.1, -0.05) is 0 Å². The topological polar surface area (TPSA) is 87.6 Å². The number of likely N-dealkylation sites (tertiary alicyclic amines) is 1. The van der Waals surface area contributed by atoms with Crippen molar-refractivity contribution in [2.24, 2.45) is 0 Å². The molecule has 1 fully saturated rings. The fraction of sp³-hybridized carbons (Fsp3) is 0.333. The lowest BCUT2D eigenvalue weighted by Crippen LogP contribution is -2.50. The van der Waals surface area contributed by atoms with Crippen LogP contribution in [-0.2, 0) is 9.59 Å². The molecule has 1 unspecified atom stereocenters. The van der Waals surface area contributed by atoms with Crippen LogP contribution in [0.4, 0.5) is 0 Å². The Morgan fingerprint density at radius 3 is 2.83 bits per heavy atom. The zero-order valence-corrected chi connectivity index (χ0v) is 9.57. The Kier molecular flexibility index (Phi) is 3.36. The summed E-state index contributed by atoms with van der Waals surface area (Å²) in [5, 5.41) is 9.06. The molecule has 1 atom stereocenters. The normalized spacial score (nSPS) is 19.7. The summed E-state index contributed by atoms with van der Waals surface area (Å²) >= 11 is 0. The van der Waals surface area contributed by atoms with Crippen LogP contribution in [0.5, 0.6) is 0 Å². The Labute approximate surface area is 103 Å². The number of aliphatic carboxylic acids is 1. The third kappa shape index (κ3) is 2.37. The van der Waals surface area contributed by atoms with E-state index in [-0.39, 0.29) is 25.2 Å². The first-order valence-electron chi connectivity index (χ1n) is 5.55. The number of ketones is 1. The highest BCUT2D eigenvalue weighted by Crippen LogP contribution is 2.17. The Morgan fingerprint density at radius 2 is 2.22 bits per heavy atom. The first kappa shape index (κ1) is 12.2. The molecule has 1 N–H and O–H groups in total. The van der Waals surface area contributed by atoms with Gasteiger partial charge in [-0.3, -0.25) is 14.6 Å². The maximum absolute atomic E-state index is 12.1. The summed E-state index contributed by atoms with van der Waals surface area (Å²) in [5.41, 5.74) is 0.332. The van der Waals surface area contributed by atoms with Gasteiger partial charge in [0.15, 0.2) is 0 Å². The van der Waals surface area contributed by atoms with Gasteiger partial charge in [-0.15, -0.1) is 0 Å². The number of nitrogens with zero attached hydrogens (tertiary/aromatic N) is 2. The first-order valence-corrected chi connectivity index (χ1v) is 5.55. The van der Waals surface area contributed by atoms with Gasteiger partial charge in [-0.05, 0) is 12.1 Å². The highest BCUT2D eigenvalue weighted by molar-refractivity contribution is 5.99. The van der Waals surface area contributed by atoms with Crippen LogP contribution in [0.15, 0.2) is 24.5 Å². The molecule has 1 aliphatic heterocycles. The molecule has 0 bridgehead atoms. The van der Waals surface area contributed by atoms with E-state index in [1.807, 2.05) is 0 Å². The molecule has 6 nitrogen and oxygen atoms in total. The van der Waals surface area contributed by atoms with Crippen LogP contribution in [0.3, 0.4) is 0 Å². The van der Waals surface area contributed by atoms with E-state index >= 15 is 0 Å². The van der Waals surface area contributed by atoms with Gasteiger partial charge in [-0.25, -0.2) is 4.79 Å². The number of carbonyl (C=O) groups is 3. The first-order chi connectivity index (χ1) is 8.59. The largest absolute Gasteiger partial charge is 0.480 e. The van der Waals surface area contributed by atoms with Crippen molar-refractivity contribution in [2.45, 2.75) is 18.9 Å². The lowest BCUT2D eigenvalue weighted by atomic mass is 10.00. The minimum atomic E-state index is -1.15. The zero-order chi connectivity index (χ0) is 13.1. The van der Waals surface area contributed by atoms with Crippen molar-refractivity contribution in [3.8, 4) is 0 Å². The van der Waals surface area contributed by atoms with Gasteiger partial charge in [0.05, 0.1) is 5.56 Å². The summed E-state index contributed by atoms with van der Waals surface area (Å²) in [6.45, 7) is 0.142. The molecule has 0 spiro atoms. The summed E-state index contributed by atoms with van der Waals surface area (Å²) in [6.07, 6.45) is 3.00. The van der Waals surface area contributed by atoms with Gasteiger partial charge in [-0.2, -0.15) is 0 Å². The molecule has 1 aliphatic rings. The Hall–Kier alpha value is -2.24. The van der Waals surface area contributed by atoms with E-state index in [0.717, 1.165) is 0 Å². The molecular formula is C12H12N2O4. The number of hydrogen-bond acceptors (Lipinski definition) is 4. The van der Waals surface area contributed by atoms with Gasteiger partial charge in [0.25, 0.3) is 5.91 Å². The Balaban J connectivity index is 2.23. The third-order valence-electron chi connectivity index (χ3n) is 2.88. The molecule has 94 valence electrons. The third-order valence-corrected chi connectivity index (χ3v) is 2.88. The smallest absolute Gasteiger partial charge is 0.326 e. The molecule has 1 amide bonds. The predicted molar refractivity (Wildman–Crippen MR) is 60.9 cm³/mol. The number of piperidine rings is 1. The molecule has 1 aromatic rings. The van der Waals surface area contributed by atoms with Crippen molar-refractivity contribution in [2.75, 3.05) is 6.54 Å². The predicted octanol–water partition coefficient (Wildman–Crippen LogP) is 0.340. The molecule has 2 rings (SSSR count). The number of amides is 1. The molecule has 0 aliphatic carbocycles. The second-order valence-electron chi connectivity index (χ2n) is 4.09. The van der Waals surface area contributed by atoms with Crippen LogP contribution in [0, 0.1) is 0 Å². The van der Waals surface area contributed by atoms with Crippen LogP contribution in [0.25, 0.3) is 0 Å². The number of pyridine rings is 1. The van der Waals surface area contributed by atoms with Crippen molar-refractivity contribution in [3.63, 3.8) is 0 Å². The van der Waals surface area contributed by atoms with E-state index < -0.39 is 17.9 Å². The summed E-state index contributed by atoms with van der Waals surface area (Å²) < 4.78 is 0. The van der Waals surface area contributed by atoms with Gasteiger partial charge in [0, 0.05) is 31.8 Å². The Bertz CT molecular complexity index is 486. The SMILES string of the molecule is O=C1CCN(C(=O)c2cccnc2)C(C(=O)O)C1. The number of hydrogen-bond donors (Lipinski definition) is 1. The van der Waals surface area contributed by atoms with E-state index in [1.54, 1.807) is 12.1 Å². The molecule has 2 heterocycles.